The minimum absolute atomic E-state index is 0.153. The van der Waals surface area contributed by atoms with Gasteiger partial charge in [-0.15, -0.1) is 11.3 Å². The number of aromatic nitrogens is 2. The molecule has 0 saturated carbocycles. The molecule has 0 aliphatic carbocycles. The van der Waals surface area contributed by atoms with Crippen LogP contribution in [-0.4, -0.2) is 22.0 Å². The lowest BCUT2D eigenvalue weighted by molar-refractivity contribution is 0.240. The highest BCUT2D eigenvalue weighted by atomic mass is 32.1. The van der Waals surface area contributed by atoms with E-state index in [1.807, 2.05) is 52.5 Å². The molecule has 0 radical (unpaired) electrons. The first-order chi connectivity index (χ1) is 10.3. The fourth-order valence-electron chi connectivity index (χ4n) is 2.04. The number of amides is 2. The van der Waals surface area contributed by atoms with Crippen LogP contribution in [0.15, 0.2) is 48.1 Å². The summed E-state index contributed by atoms with van der Waals surface area (Å²) < 4.78 is 2.00. The normalized spacial score (nSPS) is 10.7. The Morgan fingerprint density at radius 1 is 1.24 bits per heavy atom. The number of thiazole rings is 1. The van der Waals surface area contributed by atoms with Crippen LogP contribution < -0.4 is 10.6 Å². The highest BCUT2D eigenvalue weighted by Crippen LogP contribution is 2.11. The molecule has 108 valence electrons. The predicted octanol–water partition coefficient (Wildman–Crippen LogP) is 2.44. The molecule has 21 heavy (non-hydrogen) atoms. The van der Waals surface area contributed by atoms with Crippen molar-refractivity contribution in [1.82, 2.24) is 20.0 Å². The van der Waals surface area contributed by atoms with E-state index in [1.165, 1.54) is 0 Å². The number of nitrogens with zero attached hydrogens (tertiary/aromatic N) is 2. The van der Waals surface area contributed by atoms with Gasteiger partial charge in [-0.1, -0.05) is 30.3 Å². The number of nitrogens with one attached hydrogen (secondary N) is 2. The molecule has 0 bridgehead atoms. The smallest absolute Gasteiger partial charge is 0.315 e. The van der Waals surface area contributed by atoms with Gasteiger partial charge in [0.05, 0.1) is 5.69 Å². The first-order valence-corrected chi connectivity index (χ1v) is 7.66. The maximum absolute atomic E-state index is 11.7. The number of imidazole rings is 1. The van der Waals surface area contributed by atoms with Gasteiger partial charge in [-0.2, -0.15) is 0 Å². The third-order valence-corrected chi connectivity index (χ3v) is 3.88. The Kier molecular flexibility index (Phi) is 4.16. The molecule has 3 rings (SSSR count). The molecule has 0 fully saturated rings. The number of rotatable bonds is 5. The Morgan fingerprint density at radius 3 is 2.90 bits per heavy atom. The summed E-state index contributed by atoms with van der Waals surface area (Å²) in [4.78, 5) is 17.1. The first-order valence-electron chi connectivity index (χ1n) is 6.78. The lowest BCUT2D eigenvalue weighted by atomic mass is 10.2. The molecule has 2 amide bonds. The van der Waals surface area contributed by atoms with Crippen LogP contribution in [-0.2, 0) is 13.0 Å². The van der Waals surface area contributed by atoms with Crippen molar-refractivity contribution in [3.8, 4) is 0 Å². The van der Waals surface area contributed by atoms with Gasteiger partial charge in [-0.3, -0.25) is 4.40 Å². The predicted molar refractivity (Wildman–Crippen MR) is 83.5 cm³/mol. The fourth-order valence-corrected chi connectivity index (χ4v) is 2.76. The topological polar surface area (TPSA) is 58.4 Å². The molecule has 0 unspecified atom stereocenters. The van der Waals surface area contributed by atoms with E-state index in [2.05, 4.69) is 15.6 Å². The molecule has 0 saturated heterocycles. The second-order valence-electron chi connectivity index (χ2n) is 4.67. The van der Waals surface area contributed by atoms with Gasteiger partial charge in [0.2, 0.25) is 0 Å². The molecule has 1 aromatic carbocycles. The zero-order chi connectivity index (χ0) is 14.5. The minimum Gasteiger partial charge on any atom is -0.338 e. The average molecular weight is 300 g/mol. The average Bonchev–Trinajstić information content (AvgIpc) is 3.07. The van der Waals surface area contributed by atoms with Crippen LogP contribution in [0.5, 0.6) is 0 Å². The fraction of sp³-hybridized carbons (Fsp3) is 0.200. The Balaban J connectivity index is 1.40. The van der Waals surface area contributed by atoms with Gasteiger partial charge in [-0.25, -0.2) is 9.78 Å². The van der Waals surface area contributed by atoms with E-state index in [0.29, 0.717) is 13.1 Å². The Hall–Kier alpha value is -2.34. The van der Waals surface area contributed by atoms with Gasteiger partial charge in [-0.05, 0) is 5.56 Å². The Morgan fingerprint density at radius 2 is 2.10 bits per heavy atom. The maximum atomic E-state index is 11.7. The summed E-state index contributed by atoms with van der Waals surface area (Å²) in [5.74, 6) is 0. The zero-order valence-electron chi connectivity index (χ0n) is 11.5. The molecule has 2 N–H and O–H groups in total. The molecular weight excluding hydrogens is 284 g/mol. The van der Waals surface area contributed by atoms with Crippen molar-refractivity contribution in [1.29, 1.82) is 0 Å². The van der Waals surface area contributed by atoms with Crippen LogP contribution >= 0.6 is 11.3 Å². The van der Waals surface area contributed by atoms with Crippen LogP contribution in [0.2, 0.25) is 0 Å². The van der Waals surface area contributed by atoms with Crippen LogP contribution in [0.1, 0.15) is 11.3 Å². The Bertz CT molecular complexity index is 691. The highest BCUT2D eigenvalue weighted by molar-refractivity contribution is 7.15. The molecule has 0 spiro atoms. The van der Waals surface area contributed by atoms with Gasteiger partial charge in [0.1, 0.15) is 0 Å². The number of carbonyl (C=O) groups excluding carboxylic acids is 1. The summed E-state index contributed by atoms with van der Waals surface area (Å²) in [5.41, 5.74) is 2.08. The molecule has 0 aliphatic heterocycles. The van der Waals surface area contributed by atoms with E-state index < -0.39 is 0 Å². The summed E-state index contributed by atoms with van der Waals surface area (Å²) in [7, 11) is 0. The quantitative estimate of drug-likeness (QED) is 0.760. The monoisotopic (exact) mass is 300 g/mol. The van der Waals surface area contributed by atoms with Gasteiger partial charge in [0.25, 0.3) is 0 Å². The highest BCUT2D eigenvalue weighted by Gasteiger charge is 2.04. The summed E-state index contributed by atoms with van der Waals surface area (Å²) in [6.45, 7) is 1.11. The first kappa shape index (κ1) is 13.6. The molecule has 2 heterocycles. The molecule has 0 atom stereocenters. The number of benzene rings is 1. The molecule has 6 heteroatoms. The van der Waals surface area contributed by atoms with Crippen LogP contribution in [0.25, 0.3) is 4.96 Å². The molecule has 5 nitrogen and oxygen atoms in total. The maximum Gasteiger partial charge on any atom is 0.315 e. The van der Waals surface area contributed by atoms with E-state index in [4.69, 9.17) is 0 Å². The van der Waals surface area contributed by atoms with E-state index >= 15 is 0 Å². The zero-order valence-corrected chi connectivity index (χ0v) is 12.3. The van der Waals surface area contributed by atoms with Crippen LogP contribution in [0.3, 0.4) is 0 Å². The third-order valence-electron chi connectivity index (χ3n) is 3.11. The standard InChI is InChI=1S/C15H16N4OS/c20-14(17-10-12-4-2-1-3-5-12)16-7-6-13-11-19-8-9-21-15(19)18-13/h1-5,8-9,11H,6-7,10H2,(H2,16,17,20). The molecule has 0 aliphatic rings. The molecule has 3 aromatic rings. The second-order valence-corrected chi connectivity index (χ2v) is 5.54. The number of urea groups is 1. The summed E-state index contributed by atoms with van der Waals surface area (Å²) >= 11 is 1.61. The number of hydrogen-bond acceptors (Lipinski definition) is 3. The van der Waals surface area contributed by atoms with Crippen molar-refractivity contribution in [3.05, 3.63) is 59.4 Å². The summed E-state index contributed by atoms with van der Waals surface area (Å²) in [6, 6.07) is 9.69. The number of hydrogen-bond donors (Lipinski definition) is 2. The Labute approximate surface area is 126 Å². The lowest BCUT2D eigenvalue weighted by Gasteiger charge is -2.06. The van der Waals surface area contributed by atoms with Crippen molar-refractivity contribution < 1.29 is 4.79 Å². The van der Waals surface area contributed by atoms with E-state index in [0.717, 1.165) is 22.6 Å². The largest absolute Gasteiger partial charge is 0.338 e. The third kappa shape index (κ3) is 3.61. The van der Waals surface area contributed by atoms with Gasteiger partial charge >= 0.3 is 6.03 Å². The summed E-state index contributed by atoms with van der Waals surface area (Å²) in [6.07, 6.45) is 4.71. The molecule has 2 aromatic heterocycles. The minimum atomic E-state index is -0.153. The van der Waals surface area contributed by atoms with Crippen molar-refractivity contribution in [2.45, 2.75) is 13.0 Å². The number of fused-ring (bicyclic) bond motifs is 1. The second kappa shape index (κ2) is 6.41. The SMILES string of the molecule is O=C(NCCc1cn2ccsc2n1)NCc1ccccc1. The molecular formula is C15H16N4OS. The van der Waals surface area contributed by atoms with Crippen LogP contribution in [0, 0.1) is 0 Å². The summed E-state index contributed by atoms with van der Waals surface area (Å²) in [5, 5.41) is 7.68. The van der Waals surface area contributed by atoms with Gasteiger partial charge < -0.3 is 10.6 Å². The van der Waals surface area contributed by atoms with E-state index in [-0.39, 0.29) is 6.03 Å². The van der Waals surface area contributed by atoms with Crippen molar-refractivity contribution >= 4 is 22.3 Å². The van der Waals surface area contributed by atoms with Crippen LogP contribution in [0.4, 0.5) is 4.79 Å². The van der Waals surface area contributed by atoms with E-state index in [9.17, 15) is 4.79 Å². The lowest BCUT2D eigenvalue weighted by Crippen LogP contribution is -2.36. The number of carbonyl (C=O) groups is 1. The van der Waals surface area contributed by atoms with Gasteiger partial charge in [0.15, 0.2) is 4.96 Å². The van der Waals surface area contributed by atoms with Crippen molar-refractivity contribution in [3.63, 3.8) is 0 Å². The van der Waals surface area contributed by atoms with Crippen molar-refractivity contribution in [2.24, 2.45) is 0 Å². The van der Waals surface area contributed by atoms with Gasteiger partial charge in [0, 0.05) is 37.3 Å². The van der Waals surface area contributed by atoms with Crippen molar-refractivity contribution in [2.75, 3.05) is 6.54 Å². The van der Waals surface area contributed by atoms with E-state index in [1.54, 1.807) is 11.3 Å².